The highest BCUT2D eigenvalue weighted by molar-refractivity contribution is 5.83. The molecule has 0 aliphatic rings. The molecule has 0 saturated heterocycles. The highest BCUT2D eigenvalue weighted by atomic mass is 16.4. The summed E-state index contributed by atoms with van der Waals surface area (Å²) in [5.74, 6) is -1.14. The first-order valence-corrected chi connectivity index (χ1v) is 7.64. The van der Waals surface area contributed by atoms with Crippen molar-refractivity contribution in [3.05, 3.63) is 71.8 Å². The SMILES string of the molecule is CN(C(=O)CCc1ccccc1)C(Cc1ccccc1)C(=O)O. The second kappa shape index (κ2) is 8.13. The Bertz CT molecular complexity index is 640. The van der Waals surface area contributed by atoms with E-state index in [1.807, 2.05) is 60.7 Å². The van der Waals surface area contributed by atoms with Gasteiger partial charge in [-0.25, -0.2) is 4.79 Å². The largest absolute Gasteiger partial charge is 0.480 e. The lowest BCUT2D eigenvalue weighted by molar-refractivity contribution is -0.149. The number of carbonyl (C=O) groups excluding carboxylic acids is 1. The molecule has 23 heavy (non-hydrogen) atoms. The maximum atomic E-state index is 12.3. The van der Waals surface area contributed by atoms with Crippen LogP contribution in [0.25, 0.3) is 0 Å². The van der Waals surface area contributed by atoms with Gasteiger partial charge in [-0.3, -0.25) is 4.79 Å². The summed E-state index contributed by atoms with van der Waals surface area (Å²) in [5.41, 5.74) is 1.98. The number of amides is 1. The molecule has 1 atom stereocenters. The van der Waals surface area contributed by atoms with Gasteiger partial charge in [0.15, 0.2) is 0 Å². The first kappa shape index (κ1) is 16.7. The monoisotopic (exact) mass is 311 g/mol. The molecule has 2 aromatic carbocycles. The van der Waals surface area contributed by atoms with Gasteiger partial charge in [0, 0.05) is 19.9 Å². The van der Waals surface area contributed by atoms with E-state index >= 15 is 0 Å². The van der Waals surface area contributed by atoms with E-state index in [1.165, 1.54) is 4.90 Å². The first-order chi connectivity index (χ1) is 11.1. The Labute approximate surface area is 136 Å². The van der Waals surface area contributed by atoms with E-state index in [9.17, 15) is 14.7 Å². The van der Waals surface area contributed by atoms with Crippen LogP contribution in [0.3, 0.4) is 0 Å². The van der Waals surface area contributed by atoms with Crippen LogP contribution in [-0.2, 0) is 22.4 Å². The third-order valence-electron chi connectivity index (χ3n) is 3.89. The smallest absolute Gasteiger partial charge is 0.326 e. The maximum Gasteiger partial charge on any atom is 0.326 e. The number of aliphatic carboxylic acids is 1. The van der Waals surface area contributed by atoms with Gasteiger partial charge in [-0.05, 0) is 17.5 Å². The molecule has 0 aromatic heterocycles. The van der Waals surface area contributed by atoms with Gasteiger partial charge in [0.2, 0.25) is 5.91 Å². The molecule has 2 rings (SSSR count). The van der Waals surface area contributed by atoms with Gasteiger partial charge in [0.1, 0.15) is 6.04 Å². The molecule has 0 radical (unpaired) electrons. The molecule has 1 N–H and O–H groups in total. The number of rotatable bonds is 7. The molecular weight excluding hydrogens is 290 g/mol. The van der Waals surface area contributed by atoms with E-state index in [-0.39, 0.29) is 5.91 Å². The van der Waals surface area contributed by atoms with Crippen molar-refractivity contribution in [2.45, 2.75) is 25.3 Å². The molecule has 0 aliphatic carbocycles. The normalized spacial score (nSPS) is 11.7. The molecule has 2 aromatic rings. The number of hydrogen-bond donors (Lipinski definition) is 1. The van der Waals surface area contributed by atoms with Crippen LogP contribution in [0.1, 0.15) is 17.5 Å². The lowest BCUT2D eigenvalue weighted by Gasteiger charge is -2.25. The van der Waals surface area contributed by atoms with Gasteiger partial charge in [0.05, 0.1) is 0 Å². The molecule has 0 aliphatic heterocycles. The summed E-state index contributed by atoms with van der Waals surface area (Å²) in [7, 11) is 1.56. The molecule has 1 unspecified atom stereocenters. The number of carboxylic acids is 1. The molecule has 0 bridgehead atoms. The topological polar surface area (TPSA) is 57.6 Å². The van der Waals surface area contributed by atoms with E-state index < -0.39 is 12.0 Å². The van der Waals surface area contributed by atoms with Gasteiger partial charge in [0.25, 0.3) is 0 Å². The molecule has 0 saturated carbocycles. The van der Waals surface area contributed by atoms with E-state index in [0.29, 0.717) is 19.3 Å². The Kier molecular flexibility index (Phi) is 5.92. The van der Waals surface area contributed by atoms with Crippen LogP contribution in [-0.4, -0.2) is 35.0 Å². The average molecular weight is 311 g/mol. The fraction of sp³-hybridized carbons (Fsp3) is 0.263. The molecule has 4 heteroatoms. The van der Waals surface area contributed by atoms with Crippen molar-refractivity contribution >= 4 is 11.9 Å². The molecule has 0 heterocycles. The Balaban J connectivity index is 1.98. The van der Waals surface area contributed by atoms with Crippen LogP contribution in [0.5, 0.6) is 0 Å². The zero-order valence-electron chi connectivity index (χ0n) is 13.2. The number of carboxylic acid groups (broad SMARTS) is 1. The second-order valence-electron chi connectivity index (χ2n) is 5.53. The predicted molar refractivity (Wildman–Crippen MR) is 89.1 cm³/mol. The number of carbonyl (C=O) groups is 2. The highest BCUT2D eigenvalue weighted by Gasteiger charge is 2.26. The Morgan fingerprint density at radius 2 is 1.48 bits per heavy atom. The summed E-state index contributed by atoms with van der Waals surface area (Å²) in [6.07, 6.45) is 1.23. The number of nitrogens with zero attached hydrogens (tertiary/aromatic N) is 1. The summed E-state index contributed by atoms with van der Waals surface area (Å²) < 4.78 is 0. The summed E-state index contributed by atoms with van der Waals surface area (Å²) in [4.78, 5) is 25.2. The Morgan fingerprint density at radius 3 is 2.00 bits per heavy atom. The minimum Gasteiger partial charge on any atom is -0.480 e. The fourth-order valence-electron chi connectivity index (χ4n) is 2.47. The van der Waals surface area contributed by atoms with Crippen molar-refractivity contribution in [2.75, 3.05) is 7.05 Å². The van der Waals surface area contributed by atoms with Crippen LogP contribution in [0.15, 0.2) is 60.7 Å². The summed E-state index contributed by atoms with van der Waals surface area (Å²) >= 11 is 0. The summed E-state index contributed by atoms with van der Waals surface area (Å²) in [6, 6.07) is 18.2. The minimum atomic E-state index is -0.982. The predicted octanol–water partition coefficient (Wildman–Crippen LogP) is 2.77. The van der Waals surface area contributed by atoms with Crippen LogP contribution in [0, 0.1) is 0 Å². The van der Waals surface area contributed by atoms with Gasteiger partial charge >= 0.3 is 5.97 Å². The van der Waals surface area contributed by atoms with Crippen molar-refractivity contribution in [3.63, 3.8) is 0 Å². The number of hydrogen-bond acceptors (Lipinski definition) is 2. The van der Waals surface area contributed by atoms with Gasteiger partial charge < -0.3 is 10.0 Å². The third-order valence-corrected chi connectivity index (χ3v) is 3.89. The highest BCUT2D eigenvalue weighted by Crippen LogP contribution is 2.11. The second-order valence-corrected chi connectivity index (χ2v) is 5.53. The summed E-state index contributed by atoms with van der Waals surface area (Å²) in [6.45, 7) is 0. The fourth-order valence-corrected chi connectivity index (χ4v) is 2.47. The van der Waals surface area contributed by atoms with Crippen LogP contribution >= 0.6 is 0 Å². The summed E-state index contributed by atoms with van der Waals surface area (Å²) in [5, 5.41) is 9.45. The van der Waals surface area contributed by atoms with Gasteiger partial charge in [-0.15, -0.1) is 0 Å². The van der Waals surface area contributed by atoms with Crippen molar-refractivity contribution < 1.29 is 14.7 Å². The van der Waals surface area contributed by atoms with Crippen LogP contribution in [0.2, 0.25) is 0 Å². The number of likely N-dealkylation sites (N-methyl/N-ethyl adjacent to an activating group) is 1. The number of benzene rings is 2. The van der Waals surface area contributed by atoms with Crippen molar-refractivity contribution in [3.8, 4) is 0 Å². The minimum absolute atomic E-state index is 0.155. The zero-order valence-corrected chi connectivity index (χ0v) is 13.2. The Morgan fingerprint density at radius 1 is 0.957 bits per heavy atom. The maximum absolute atomic E-state index is 12.3. The van der Waals surface area contributed by atoms with Crippen molar-refractivity contribution in [2.24, 2.45) is 0 Å². The van der Waals surface area contributed by atoms with Crippen molar-refractivity contribution in [1.82, 2.24) is 4.90 Å². The molecule has 0 fully saturated rings. The van der Waals surface area contributed by atoms with Crippen LogP contribution < -0.4 is 0 Å². The molecular formula is C19H21NO3. The Hall–Kier alpha value is -2.62. The molecule has 4 nitrogen and oxygen atoms in total. The zero-order chi connectivity index (χ0) is 16.7. The quantitative estimate of drug-likeness (QED) is 0.855. The molecule has 1 amide bonds. The van der Waals surface area contributed by atoms with E-state index in [1.54, 1.807) is 7.05 Å². The first-order valence-electron chi connectivity index (χ1n) is 7.64. The van der Waals surface area contributed by atoms with Gasteiger partial charge in [-0.2, -0.15) is 0 Å². The van der Waals surface area contributed by atoms with E-state index in [0.717, 1.165) is 11.1 Å². The average Bonchev–Trinajstić information content (AvgIpc) is 2.58. The van der Waals surface area contributed by atoms with E-state index in [2.05, 4.69) is 0 Å². The molecule has 120 valence electrons. The lowest BCUT2D eigenvalue weighted by atomic mass is 10.0. The van der Waals surface area contributed by atoms with E-state index in [4.69, 9.17) is 0 Å². The van der Waals surface area contributed by atoms with Gasteiger partial charge in [-0.1, -0.05) is 60.7 Å². The third kappa shape index (κ3) is 4.95. The van der Waals surface area contributed by atoms with Crippen LogP contribution in [0.4, 0.5) is 0 Å². The molecule has 0 spiro atoms. The standard InChI is InChI=1S/C19H21NO3/c1-20(18(21)13-12-15-8-4-2-5-9-15)17(19(22)23)14-16-10-6-3-7-11-16/h2-11,17H,12-14H2,1H3,(H,22,23). The van der Waals surface area contributed by atoms with Crippen molar-refractivity contribution in [1.29, 1.82) is 0 Å². The lowest BCUT2D eigenvalue weighted by Crippen LogP contribution is -2.43. The number of aryl methyl sites for hydroxylation is 1.